The Morgan fingerprint density at radius 2 is 1.12 bits per heavy atom. The molecule has 350 valence electrons. The molecule has 2 aromatic heterocycles. The largest absolute Gasteiger partial charge is 0.493 e. The summed E-state index contributed by atoms with van der Waals surface area (Å²) in [5.41, 5.74) is 25.4. The molecule has 3 atom stereocenters. The Hall–Kier alpha value is -8.04. The van der Waals surface area contributed by atoms with E-state index in [2.05, 4.69) is 0 Å². The number of rotatable bonds is 15. The Kier molecular flexibility index (Phi) is 13.1. The van der Waals surface area contributed by atoms with E-state index in [0.717, 1.165) is 22.3 Å². The normalized spacial score (nSPS) is 13.2. The van der Waals surface area contributed by atoms with E-state index >= 15 is 0 Å². The monoisotopic (exact) mass is 926 g/mol. The third-order valence-electron chi connectivity index (χ3n) is 12.3. The minimum atomic E-state index is -0.953. The molecule has 14 heteroatoms. The molecule has 0 unspecified atom stereocenters. The minimum absolute atomic E-state index is 0.142. The van der Waals surface area contributed by atoms with Crippen LogP contribution in [0.15, 0.2) is 143 Å². The number of carbonyl (C=O) groups excluding carboxylic acids is 3. The maximum Gasteiger partial charge on any atom is 0.361 e. The number of nitrogens with zero attached hydrogens (tertiary/aromatic N) is 1. The SMILES string of the molecule is COc1cc(-c2c3n(c4c(=O)oc5cc(OC(=O)[C@@H](N)Cc6ccccc6)c(C)cc5c24)CCc2cc(OC(=O)[C@@H](N)Cc4ccccc4)c(OC)cc2-3)ccc1OC(=O)[C@@H](N)Cc1ccccc1. The van der Waals surface area contributed by atoms with Crippen LogP contribution >= 0.6 is 0 Å². The summed E-state index contributed by atoms with van der Waals surface area (Å²) in [6, 6.07) is 37.4. The number of aromatic nitrogens is 1. The van der Waals surface area contributed by atoms with Crippen LogP contribution in [-0.2, 0) is 46.6 Å². The number of esters is 3. The Bertz CT molecular complexity index is 3300. The van der Waals surface area contributed by atoms with Gasteiger partial charge in [-0.05, 0) is 96.3 Å². The van der Waals surface area contributed by atoms with E-state index in [1.807, 2.05) is 102 Å². The highest BCUT2D eigenvalue weighted by Gasteiger charge is 2.32. The highest BCUT2D eigenvalue weighted by Crippen LogP contribution is 2.50. The van der Waals surface area contributed by atoms with Crippen LogP contribution in [-0.4, -0.2) is 54.8 Å². The van der Waals surface area contributed by atoms with Crippen molar-refractivity contribution in [3.63, 3.8) is 0 Å². The van der Waals surface area contributed by atoms with E-state index in [-0.39, 0.29) is 59.1 Å². The predicted octanol–water partition coefficient (Wildman–Crippen LogP) is 7.39. The summed E-state index contributed by atoms with van der Waals surface area (Å²) < 4.78 is 37.3. The molecule has 1 aliphatic rings. The van der Waals surface area contributed by atoms with E-state index in [4.69, 9.17) is 45.3 Å². The number of aryl methyl sites for hydroxylation is 3. The van der Waals surface area contributed by atoms with Crippen molar-refractivity contribution in [3.8, 4) is 51.1 Å². The number of ether oxygens (including phenoxy) is 5. The second kappa shape index (κ2) is 19.7. The number of carbonyl (C=O) groups is 3. The molecule has 0 aliphatic carbocycles. The summed E-state index contributed by atoms with van der Waals surface area (Å²) in [4.78, 5) is 54.6. The number of methoxy groups -OCH3 is 2. The molecule has 0 saturated carbocycles. The van der Waals surface area contributed by atoms with Gasteiger partial charge in [0.15, 0.2) is 23.0 Å². The lowest BCUT2D eigenvalue weighted by molar-refractivity contribution is -0.136. The summed E-state index contributed by atoms with van der Waals surface area (Å²) in [6.07, 6.45) is 1.25. The Morgan fingerprint density at radius 3 is 1.65 bits per heavy atom. The first-order valence-corrected chi connectivity index (χ1v) is 22.5. The van der Waals surface area contributed by atoms with Crippen molar-refractivity contribution in [1.29, 1.82) is 0 Å². The van der Waals surface area contributed by atoms with Gasteiger partial charge < -0.3 is 49.9 Å². The molecule has 14 nitrogen and oxygen atoms in total. The zero-order valence-corrected chi connectivity index (χ0v) is 38.2. The minimum Gasteiger partial charge on any atom is -0.493 e. The molecule has 1 aliphatic heterocycles. The van der Waals surface area contributed by atoms with Crippen LogP contribution < -0.4 is 46.5 Å². The lowest BCUT2D eigenvalue weighted by atomic mass is 9.91. The maximum atomic E-state index is 14.4. The fourth-order valence-electron chi connectivity index (χ4n) is 8.90. The molecular formula is C55H50N4O10. The number of hydrogen-bond acceptors (Lipinski definition) is 13. The molecule has 69 heavy (non-hydrogen) atoms. The number of benzene rings is 6. The van der Waals surface area contributed by atoms with Gasteiger partial charge in [0.05, 0.1) is 19.9 Å². The van der Waals surface area contributed by atoms with Crippen molar-refractivity contribution >= 4 is 39.8 Å². The number of hydrogen-bond donors (Lipinski definition) is 3. The maximum absolute atomic E-state index is 14.4. The lowest BCUT2D eigenvalue weighted by Gasteiger charge is -2.23. The highest BCUT2D eigenvalue weighted by atomic mass is 16.6. The quantitative estimate of drug-likeness (QED) is 0.0521. The Morgan fingerprint density at radius 1 is 0.609 bits per heavy atom. The van der Waals surface area contributed by atoms with E-state index in [1.165, 1.54) is 20.3 Å². The molecule has 6 N–H and O–H groups in total. The molecule has 0 fully saturated rings. The summed E-state index contributed by atoms with van der Waals surface area (Å²) in [5.74, 6) is -0.909. The molecule has 9 rings (SSSR count). The molecule has 3 heterocycles. The van der Waals surface area contributed by atoms with Gasteiger partial charge in [-0.15, -0.1) is 0 Å². The fraction of sp³-hybridized carbons (Fsp3) is 0.200. The number of nitrogens with two attached hydrogens (primary N) is 3. The van der Waals surface area contributed by atoms with Gasteiger partial charge in [0, 0.05) is 34.5 Å². The van der Waals surface area contributed by atoms with Crippen LogP contribution in [0.25, 0.3) is 44.3 Å². The van der Waals surface area contributed by atoms with Crippen molar-refractivity contribution in [1.82, 2.24) is 4.57 Å². The van der Waals surface area contributed by atoms with Gasteiger partial charge in [-0.25, -0.2) is 19.2 Å². The fourth-order valence-corrected chi connectivity index (χ4v) is 8.90. The molecule has 6 aromatic carbocycles. The van der Waals surface area contributed by atoms with Gasteiger partial charge in [0.25, 0.3) is 0 Å². The second-order valence-electron chi connectivity index (χ2n) is 17.0. The predicted molar refractivity (Wildman–Crippen MR) is 262 cm³/mol. The van der Waals surface area contributed by atoms with E-state index < -0.39 is 41.7 Å². The van der Waals surface area contributed by atoms with Crippen molar-refractivity contribution in [2.24, 2.45) is 17.2 Å². The van der Waals surface area contributed by atoms with Crippen LogP contribution in [0, 0.1) is 6.92 Å². The molecular weight excluding hydrogens is 877 g/mol. The molecule has 0 radical (unpaired) electrons. The second-order valence-corrected chi connectivity index (χ2v) is 17.0. The van der Waals surface area contributed by atoms with Gasteiger partial charge in [0.2, 0.25) is 0 Å². The first-order chi connectivity index (χ1) is 33.4. The van der Waals surface area contributed by atoms with Crippen molar-refractivity contribution < 1.29 is 42.5 Å². The molecule has 8 aromatic rings. The van der Waals surface area contributed by atoms with Crippen molar-refractivity contribution in [3.05, 3.63) is 172 Å². The van der Waals surface area contributed by atoms with Crippen molar-refractivity contribution in [2.45, 2.75) is 57.3 Å². The summed E-state index contributed by atoms with van der Waals surface area (Å²) in [6.45, 7) is 2.13. The van der Waals surface area contributed by atoms with Crippen LogP contribution in [0.4, 0.5) is 0 Å². The van der Waals surface area contributed by atoms with E-state index in [1.54, 1.807) is 37.3 Å². The zero-order chi connectivity index (χ0) is 48.3. The molecule has 0 saturated heterocycles. The van der Waals surface area contributed by atoms with Gasteiger partial charge in [-0.1, -0.05) is 97.1 Å². The van der Waals surface area contributed by atoms with Gasteiger partial charge in [-0.2, -0.15) is 0 Å². The Labute approximate surface area is 397 Å². The standard InChI is InChI=1S/C55H50N4O10/c1-31-23-38-44(30-43(31)67-53(61)40(57)25-33-15-9-5-10-16-33)68-55(63)51-49(38)48(36-19-20-42(45(28-36)64-2)66-52(60)39(56)24-32-13-7-4-8-14-32)50-37-29-46(65-3)47(27-35(37)21-22-59(50)51)69-54(62)41(58)26-34-17-11-6-12-18-34/h4-20,23,27-30,39-41H,21-22,24-26,56-58H2,1-3H3/t39-,40-,41-/m0/s1. The molecule has 0 bridgehead atoms. The first kappa shape index (κ1) is 46.1. The van der Waals surface area contributed by atoms with Crippen LogP contribution in [0.1, 0.15) is 27.8 Å². The van der Waals surface area contributed by atoms with Gasteiger partial charge in [-0.3, -0.25) is 0 Å². The van der Waals surface area contributed by atoms with Gasteiger partial charge in [0.1, 0.15) is 35.0 Å². The van der Waals surface area contributed by atoms with E-state index in [9.17, 15) is 19.2 Å². The van der Waals surface area contributed by atoms with Crippen molar-refractivity contribution in [2.75, 3.05) is 14.2 Å². The highest BCUT2D eigenvalue weighted by molar-refractivity contribution is 6.17. The summed E-state index contributed by atoms with van der Waals surface area (Å²) >= 11 is 0. The summed E-state index contributed by atoms with van der Waals surface area (Å²) in [5, 5.41) is 1.10. The Balaban J connectivity index is 1.15. The number of fused-ring (bicyclic) bond motifs is 7. The third kappa shape index (κ3) is 9.45. The first-order valence-electron chi connectivity index (χ1n) is 22.5. The van der Waals surface area contributed by atoms with Gasteiger partial charge >= 0.3 is 23.5 Å². The zero-order valence-electron chi connectivity index (χ0n) is 38.2. The van der Waals surface area contributed by atoms with Crippen LogP contribution in [0.3, 0.4) is 0 Å². The lowest BCUT2D eigenvalue weighted by Crippen LogP contribution is -2.36. The molecule has 0 amide bonds. The average molecular weight is 927 g/mol. The van der Waals surface area contributed by atoms with Crippen LogP contribution in [0.2, 0.25) is 0 Å². The molecule has 0 spiro atoms. The smallest absolute Gasteiger partial charge is 0.361 e. The van der Waals surface area contributed by atoms with Crippen LogP contribution in [0.5, 0.6) is 28.7 Å². The average Bonchev–Trinajstić information content (AvgIpc) is 3.72. The van der Waals surface area contributed by atoms with E-state index in [0.29, 0.717) is 51.7 Å². The third-order valence-corrected chi connectivity index (χ3v) is 12.3. The topological polar surface area (TPSA) is 211 Å². The summed E-state index contributed by atoms with van der Waals surface area (Å²) in [7, 11) is 2.94.